The van der Waals surface area contributed by atoms with Crippen LogP contribution in [0.3, 0.4) is 0 Å². The van der Waals surface area contributed by atoms with Crippen LogP contribution in [0.15, 0.2) is 11.6 Å². The smallest absolute Gasteiger partial charge is 0.00112 e. The molecule has 1 heteroatoms. The van der Waals surface area contributed by atoms with Crippen LogP contribution in [0.25, 0.3) is 0 Å². The standard InChI is InChI=1S/C12H25N/c1-6-12(8-7-10(2)3)11(4)9-13-5/h6,10-11,13H,7-9H2,1-5H3/b12-6-/t11-/m0/s1. The Morgan fingerprint density at radius 1 is 1.31 bits per heavy atom. The van der Waals surface area contributed by atoms with Crippen LogP contribution < -0.4 is 5.32 Å². The predicted molar refractivity (Wildman–Crippen MR) is 60.9 cm³/mol. The van der Waals surface area contributed by atoms with Crippen LogP contribution in [-0.4, -0.2) is 13.6 Å². The molecule has 0 saturated carbocycles. The van der Waals surface area contributed by atoms with Crippen molar-refractivity contribution in [3.8, 4) is 0 Å². The zero-order valence-corrected chi connectivity index (χ0v) is 9.85. The first-order valence-corrected chi connectivity index (χ1v) is 5.41. The van der Waals surface area contributed by atoms with Crippen LogP contribution in [0.5, 0.6) is 0 Å². The van der Waals surface area contributed by atoms with Gasteiger partial charge in [-0.3, -0.25) is 0 Å². The lowest BCUT2D eigenvalue weighted by molar-refractivity contribution is 0.534. The maximum Gasteiger partial charge on any atom is 0.00112 e. The van der Waals surface area contributed by atoms with E-state index in [0.717, 1.165) is 12.5 Å². The third-order valence-electron chi connectivity index (χ3n) is 2.52. The van der Waals surface area contributed by atoms with Crippen LogP contribution >= 0.6 is 0 Å². The van der Waals surface area contributed by atoms with E-state index in [0.29, 0.717) is 5.92 Å². The number of nitrogens with one attached hydrogen (secondary N) is 1. The summed E-state index contributed by atoms with van der Waals surface area (Å²) >= 11 is 0. The van der Waals surface area contributed by atoms with Gasteiger partial charge in [-0.25, -0.2) is 0 Å². The zero-order chi connectivity index (χ0) is 10.3. The Balaban J connectivity index is 3.89. The molecule has 1 nitrogen and oxygen atoms in total. The summed E-state index contributed by atoms with van der Waals surface area (Å²) in [7, 11) is 2.02. The van der Waals surface area contributed by atoms with Gasteiger partial charge in [0, 0.05) is 6.54 Å². The van der Waals surface area contributed by atoms with Crippen molar-refractivity contribution in [1.29, 1.82) is 0 Å². The molecule has 0 spiro atoms. The van der Waals surface area contributed by atoms with Gasteiger partial charge in [0.05, 0.1) is 0 Å². The number of hydrogen-bond donors (Lipinski definition) is 1. The van der Waals surface area contributed by atoms with E-state index in [9.17, 15) is 0 Å². The van der Waals surface area contributed by atoms with Gasteiger partial charge in [-0.1, -0.05) is 32.4 Å². The summed E-state index contributed by atoms with van der Waals surface area (Å²) in [5, 5.41) is 3.23. The van der Waals surface area contributed by atoms with Gasteiger partial charge in [-0.05, 0) is 38.6 Å². The molecule has 0 heterocycles. The monoisotopic (exact) mass is 183 g/mol. The first kappa shape index (κ1) is 12.7. The molecule has 0 unspecified atom stereocenters. The van der Waals surface area contributed by atoms with Crippen molar-refractivity contribution >= 4 is 0 Å². The van der Waals surface area contributed by atoms with Crippen LogP contribution in [0.1, 0.15) is 40.5 Å². The second-order valence-electron chi connectivity index (χ2n) is 4.25. The summed E-state index contributed by atoms with van der Waals surface area (Å²) in [6, 6.07) is 0. The molecule has 0 aromatic heterocycles. The molecule has 0 bridgehead atoms. The minimum absolute atomic E-state index is 0.689. The Kier molecular flexibility index (Phi) is 6.97. The molecule has 0 saturated heterocycles. The van der Waals surface area contributed by atoms with Gasteiger partial charge < -0.3 is 5.32 Å². The largest absolute Gasteiger partial charge is 0.319 e. The topological polar surface area (TPSA) is 12.0 Å². The average Bonchev–Trinajstić information content (AvgIpc) is 2.05. The Bertz CT molecular complexity index is 147. The van der Waals surface area contributed by atoms with E-state index >= 15 is 0 Å². The van der Waals surface area contributed by atoms with E-state index < -0.39 is 0 Å². The summed E-state index contributed by atoms with van der Waals surface area (Å²) < 4.78 is 0. The summed E-state index contributed by atoms with van der Waals surface area (Å²) in [4.78, 5) is 0. The number of allylic oxidation sites excluding steroid dienone is 1. The van der Waals surface area contributed by atoms with Crippen LogP contribution in [0.2, 0.25) is 0 Å². The quantitative estimate of drug-likeness (QED) is 0.623. The molecular formula is C12H25N. The maximum atomic E-state index is 3.23. The van der Waals surface area contributed by atoms with Crippen molar-refractivity contribution < 1.29 is 0 Å². The van der Waals surface area contributed by atoms with Gasteiger partial charge in [-0.15, -0.1) is 0 Å². The summed E-state index contributed by atoms with van der Waals surface area (Å²) in [5.41, 5.74) is 1.60. The predicted octanol–water partition coefficient (Wildman–Crippen LogP) is 3.22. The molecule has 0 aliphatic heterocycles. The molecule has 0 amide bonds. The molecule has 0 rings (SSSR count). The fourth-order valence-corrected chi connectivity index (χ4v) is 1.57. The van der Waals surface area contributed by atoms with Crippen molar-refractivity contribution in [3.63, 3.8) is 0 Å². The second-order valence-corrected chi connectivity index (χ2v) is 4.25. The lowest BCUT2D eigenvalue weighted by Crippen LogP contribution is -2.18. The molecule has 0 aromatic carbocycles. The SMILES string of the molecule is C/C=C(/CCC(C)C)[C@@H](C)CNC. The number of hydrogen-bond acceptors (Lipinski definition) is 1. The van der Waals surface area contributed by atoms with Gasteiger partial charge in [0.2, 0.25) is 0 Å². The summed E-state index contributed by atoms with van der Waals surface area (Å²) in [5.74, 6) is 1.51. The van der Waals surface area contributed by atoms with Gasteiger partial charge in [0.25, 0.3) is 0 Å². The highest BCUT2D eigenvalue weighted by molar-refractivity contribution is 5.05. The fraction of sp³-hybridized carbons (Fsp3) is 0.833. The highest BCUT2D eigenvalue weighted by Gasteiger charge is 2.07. The van der Waals surface area contributed by atoms with Crippen molar-refractivity contribution in [1.82, 2.24) is 5.32 Å². The summed E-state index contributed by atoms with van der Waals surface area (Å²) in [6.07, 6.45) is 4.86. The van der Waals surface area contributed by atoms with Crippen LogP contribution in [0, 0.1) is 11.8 Å². The second kappa shape index (κ2) is 7.14. The van der Waals surface area contributed by atoms with Crippen molar-refractivity contribution in [3.05, 3.63) is 11.6 Å². The highest BCUT2D eigenvalue weighted by atomic mass is 14.8. The van der Waals surface area contributed by atoms with Crippen molar-refractivity contribution in [2.45, 2.75) is 40.5 Å². The highest BCUT2D eigenvalue weighted by Crippen LogP contribution is 2.18. The fourth-order valence-electron chi connectivity index (χ4n) is 1.57. The summed E-state index contributed by atoms with van der Waals surface area (Å²) in [6.45, 7) is 10.1. The maximum absolute atomic E-state index is 3.23. The lowest BCUT2D eigenvalue weighted by atomic mass is 9.93. The number of rotatable bonds is 6. The third kappa shape index (κ3) is 5.87. The molecule has 0 aromatic rings. The molecule has 13 heavy (non-hydrogen) atoms. The normalized spacial score (nSPS) is 15.1. The molecular weight excluding hydrogens is 158 g/mol. The van der Waals surface area contributed by atoms with E-state index in [-0.39, 0.29) is 0 Å². The van der Waals surface area contributed by atoms with Crippen LogP contribution in [-0.2, 0) is 0 Å². The van der Waals surface area contributed by atoms with E-state index in [2.05, 4.69) is 39.1 Å². The minimum Gasteiger partial charge on any atom is -0.319 e. The molecule has 0 radical (unpaired) electrons. The molecule has 1 N–H and O–H groups in total. The third-order valence-corrected chi connectivity index (χ3v) is 2.52. The Labute approximate surface area is 83.6 Å². The Morgan fingerprint density at radius 2 is 1.92 bits per heavy atom. The first-order valence-electron chi connectivity index (χ1n) is 5.41. The molecule has 0 fully saturated rings. The lowest BCUT2D eigenvalue weighted by Gasteiger charge is -2.16. The molecule has 1 atom stereocenters. The first-order chi connectivity index (χ1) is 6.11. The van der Waals surface area contributed by atoms with Gasteiger partial charge in [0.1, 0.15) is 0 Å². The molecule has 0 aliphatic carbocycles. The molecule has 78 valence electrons. The van der Waals surface area contributed by atoms with Crippen LogP contribution in [0.4, 0.5) is 0 Å². The van der Waals surface area contributed by atoms with Gasteiger partial charge >= 0.3 is 0 Å². The van der Waals surface area contributed by atoms with Crippen molar-refractivity contribution in [2.75, 3.05) is 13.6 Å². The van der Waals surface area contributed by atoms with E-state index in [1.54, 1.807) is 5.57 Å². The van der Waals surface area contributed by atoms with Gasteiger partial charge in [0.15, 0.2) is 0 Å². The Hall–Kier alpha value is -0.300. The average molecular weight is 183 g/mol. The van der Waals surface area contributed by atoms with Crippen molar-refractivity contribution in [2.24, 2.45) is 11.8 Å². The minimum atomic E-state index is 0.689. The molecule has 0 aliphatic rings. The van der Waals surface area contributed by atoms with Gasteiger partial charge in [-0.2, -0.15) is 0 Å². The van der Waals surface area contributed by atoms with E-state index in [1.807, 2.05) is 7.05 Å². The van der Waals surface area contributed by atoms with E-state index in [1.165, 1.54) is 12.8 Å². The van der Waals surface area contributed by atoms with E-state index in [4.69, 9.17) is 0 Å². The zero-order valence-electron chi connectivity index (χ0n) is 9.85. The Morgan fingerprint density at radius 3 is 2.31 bits per heavy atom.